The molecule has 9 nitrogen and oxygen atoms in total. The number of aromatic nitrogens is 5. The van der Waals surface area contributed by atoms with Crippen LogP contribution in [0.15, 0.2) is 47.5 Å². The molecule has 1 unspecified atom stereocenters. The third kappa shape index (κ3) is 4.54. The summed E-state index contributed by atoms with van der Waals surface area (Å²) < 4.78 is 10.2. The number of nitrogens with zero attached hydrogens (tertiary/aromatic N) is 6. The number of carbonyl (C=O) groups is 1. The number of hydrogen-bond acceptors (Lipinski definition) is 5. The van der Waals surface area contributed by atoms with E-state index in [4.69, 9.17) is 4.74 Å². The molecule has 35 heavy (non-hydrogen) atoms. The number of benzene rings is 1. The van der Waals surface area contributed by atoms with E-state index >= 15 is 0 Å². The van der Waals surface area contributed by atoms with Crippen LogP contribution in [0.25, 0.3) is 22.4 Å². The Morgan fingerprint density at radius 3 is 2.71 bits per heavy atom. The summed E-state index contributed by atoms with van der Waals surface area (Å²) in [5, 5.41) is 9.20. The maximum Gasteiger partial charge on any atom is 0.350 e. The molecule has 4 heterocycles. The summed E-state index contributed by atoms with van der Waals surface area (Å²) in [6.45, 7) is 5.65. The summed E-state index contributed by atoms with van der Waals surface area (Å²) in [5.41, 5.74) is 2.59. The monoisotopic (exact) mass is 476 g/mol. The molecule has 1 aliphatic rings. The van der Waals surface area contributed by atoms with Crippen LogP contribution in [0.1, 0.15) is 52.4 Å². The number of likely N-dealkylation sites (tertiary alicyclic amines) is 1. The predicted molar refractivity (Wildman–Crippen MR) is 134 cm³/mol. The molecule has 1 fully saturated rings. The van der Waals surface area contributed by atoms with Crippen molar-refractivity contribution in [2.75, 3.05) is 13.2 Å². The lowest BCUT2D eigenvalue weighted by atomic mass is 10.00. The molecule has 0 aliphatic carbocycles. The molecule has 3 aromatic heterocycles. The van der Waals surface area contributed by atoms with Gasteiger partial charge in [0, 0.05) is 30.5 Å². The van der Waals surface area contributed by atoms with Gasteiger partial charge in [0.05, 0.1) is 12.3 Å². The first-order chi connectivity index (χ1) is 17.1. The fourth-order valence-corrected chi connectivity index (χ4v) is 4.81. The van der Waals surface area contributed by atoms with Gasteiger partial charge in [0.25, 0.3) is 0 Å². The smallest absolute Gasteiger partial charge is 0.350 e. The molecule has 0 spiro atoms. The SMILES string of the molecule is CCCCOc1ccc(-c2cc3c4nn(CC(=O)N5CCCCC5CC)c(=O)n4ccn3n2)cc1. The van der Waals surface area contributed by atoms with Crippen molar-refractivity contribution >= 4 is 17.1 Å². The van der Waals surface area contributed by atoms with Crippen LogP contribution in [0, 0.1) is 0 Å². The zero-order chi connectivity index (χ0) is 24.4. The minimum Gasteiger partial charge on any atom is -0.494 e. The van der Waals surface area contributed by atoms with Crippen LogP contribution in [0.2, 0.25) is 0 Å². The van der Waals surface area contributed by atoms with E-state index in [-0.39, 0.29) is 24.2 Å². The van der Waals surface area contributed by atoms with Crippen LogP contribution < -0.4 is 10.4 Å². The van der Waals surface area contributed by atoms with Crippen molar-refractivity contribution in [2.24, 2.45) is 0 Å². The second kappa shape index (κ2) is 9.93. The summed E-state index contributed by atoms with van der Waals surface area (Å²) in [6.07, 6.45) is 9.61. The maximum absolute atomic E-state index is 13.0. The molecule has 4 aromatic rings. The number of piperidine rings is 1. The van der Waals surface area contributed by atoms with E-state index in [1.807, 2.05) is 35.2 Å². The fourth-order valence-electron chi connectivity index (χ4n) is 4.81. The Labute approximate surface area is 203 Å². The topological polar surface area (TPSA) is 86.1 Å². The summed E-state index contributed by atoms with van der Waals surface area (Å²) >= 11 is 0. The van der Waals surface area contributed by atoms with Gasteiger partial charge >= 0.3 is 5.69 Å². The molecule has 0 radical (unpaired) electrons. The van der Waals surface area contributed by atoms with Gasteiger partial charge in [-0.3, -0.25) is 4.79 Å². The highest BCUT2D eigenvalue weighted by atomic mass is 16.5. The van der Waals surface area contributed by atoms with Gasteiger partial charge in [0.1, 0.15) is 17.8 Å². The molecule has 0 saturated carbocycles. The molecule has 1 aliphatic heterocycles. The Morgan fingerprint density at radius 2 is 1.94 bits per heavy atom. The van der Waals surface area contributed by atoms with Crippen molar-refractivity contribution < 1.29 is 9.53 Å². The summed E-state index contributed by atoms with van der Waals surface area (Å²) in [6, 6.07) is 10.0. The van der Waals surface area contributed by atoms with Crippen molar-refractivity contribution in [3.63, 3.8) is 0 Å². The highest BCUT2D eigenvalue weighted by Crippen LogP contribution is 2.24. The summed E-state index contributed by atoms with van der Waals surface area (Å²) in [5.74, 6) is 0.788. The van der Waals surface area contributed by atoms with Gasteiger partial charge in [-0.25, -0.2) is 18.4 Å². The molecule has 1 saturated heterocycles. The van der Waals surface area contributed by atoms with E-state index in [1.54, 1.807) is 16.9 Å². The van der Waals surface area contributed by atoms with Gasteiger partial charge in [-0.15, -0.1) is 5.10 Å². The van der Waals surface area contributed by atoms with Crippen LogP contribution in [-0.2, 0) is 11.3 Å². The van der Waals surface area contributed by atoms with Crippen LogP contribution in [0.3, 0.4) is 0 Å². The number of ether oxygens (including phenoxy) is 1. The zero-order valence-corrected chi connectivity index (χ0v) is 20.4. The van der Waals surface area contributed by atoms with Crippen LogP contribution >= 0.6 is 0 Å². The fraction of sp³-hybridized carbons (Fsp3) is 0.462. The van der Waals surface area contributed by atoms with E-state index < -0.39 is 0 Å². The van der Waals surface area contributed by atoms with Gasteiger partial charge in [-0.05, 0) is 62.4 Å². The second-order valence-corrected chi connectivity index (χ2v) is 9.16. The van der Waals surface area contributed by atoms with E-state index in [0.29, 0.717) is 17.8 Å². The van der Waals surface area contributed by atoms with Gasteiger partial charge < -0.3 is 9.64 Å². The van der Waals surface area contributed by atoms with Crippen molar-refractivity contribution in [2.45, 2.75) is 65.0 Å². The van der Waals surface area contributed by atoms with Crippen molar-refractivity contribution in [3.8, 4) is 17.0 Å². The van der Waals surface area contributed by atoms with Crippen molar-refractivity contribution in [1.82, 2.24) is 28.7 Å². The first-order valence-corrected chi connectivity index (χ1v) is 12.6. The largest absolute Gasteiger partial charge is 0.494 e. The van der Waals surface area contributed by atoms with Crippen LogP contribution in [0.4, 0.5) is 0 Å². The van der Waals surface area contributed by atoms with Crippen molar-refractivity contribution in [3.05, 3.63) is 53.2 Å². The normalized spacial score (nSPS) is 16.3. The van der Waals surface area contributed by atoms with Crippen molar-refractivity contribution in [1.29, 1.82) is 0 Å². The zero-order valence-electron chi connectivity index (χ0n) is 20.4. The lowest BCUT2D eigenvalue weighted by Gasteiger charge is -2.35. The Morgan fingerprint density at radius 1 is 1.11 bits per heavy atom. The number of rotatable bonds is 8. The van der Waals surface area contributed by atoms with Gasteiger partial charge in [-0.1, -0.05) is 20.3 Å². The van der Waals surface area contributed by atoms with Crippen LogP contribution in [-0.4, -0.2) is 53.8 Å². The van der Waals surface area contributed by atoms with E-state index in [1.165, 1.54) is 9.08 Å². The number of hydrogen-bond donors (Lipinski definition) is 0. The lowest BCUT2D eigenvalue weighted by Crippen LogP contribution is -2.45. The first kappa shape index (κ1) is 23.1. The molecule has 1 amide bonds. The van der Waals surface area contributed by atoms with Crippen LogP contribution in [0.5, 0.6) is 5.75 Å². The average molecular weight is 477 g/mol. The summed E-state index contributed by atoms with van der Waals surface area (Å²) in [7, 11) is 0. The molecule has 0 bridgehead atoms. The number of carbonyl (C=O) groups excluding carboxylic acids is 1. The quantitative estimate of drug-likeness (QED) is 0.361. The average Bonchev–Trinajstić information content (AvgIpc) is 3.46. The first-order valence-electron chi connectivity index (χ1n) is 12.6. The third-order valence-corrected chi connectivity index (χ3v) is 6.81. The molecule has 184 valence electrons. The predicted octanol–water partition coefficient (Wildman–Crippen LogP) is 3.78. The molecular formula is C26H32N6O3. The Hall–Kier alpha value is -3.62. The third-order valence-electron chi connectivity index (χ3n) is 6.81. The van der Waals surface area contributed by atoms with E-state index in [9.17, 15) is 9.59 Å². The molecule has 5 rings (SSSR count). The van der Waals surface area contributed by atoms with E-state index in [2.05, 4.69) is 24.0 Å². The number of amides is 1. The minimum atomic E-state index is -0.322. The molecular weight excluding hydrogens is 444 g/mol. The number of fused-ring (bicyclic) bond motifs is 3. The van der Waals surface area contributed by atoms with Gasteiger partial charge in [-0.2, -0.15) is 5.10 Å². The minimum absolute atomic E-state index is 0.0477. The molecule has 9 heteroatoms. The van der Waals surface area contributed by atoms with Gasteiger partial charge in [0.15, 0.2) is 5.65 Å². The standard InChI is InChI=1S/C26H32N6O3/c1-3-5-16-35-21-11-9-19(10-12-21)22-17-23-25-28-32(26(34)30(25)14-15-31(23)27-22)18-24(33)29-13-7-6-8-20(29)4-2/h9-12,14-15,17,20H,3-8,13,16,18H2,1-2H3. The summed E-state index contributed by atoms with van der Waals surface area (Å²) in [4.78, 5) is 27.9. The Balaban J connectivity index is 1.41. The Bertz CT molecular complexity index is 1380. The second-order valence-electron chi connectivity index (χ2n) is 9.16. The number of unbranched alkanes of at least 4 members (excludes halogenated alkanes) is 1. The molecule has 1 atom stereocenters. The van der Waals surface area contributed by atoms with Gasteiger partial charge in [0.2, 0.25) is 5.91 Å². The molecule has 1 aromatic carbocycles. The lowest BCUT2D eigenvalue weighted by molar-refractivity contribution is -0.135. The highest BCUT2D eigenvalue weighted by molar-refractivity contribution is 5.78. The molecule has 0 N–H and O–H groups in total. The van der Waals surface area contributed by atoms with E-state index in [0.717, 1.165) is 62.1 Å². The Kier molecular flexibility index (Phi) is 6.57. The highest BCUT2D eigenvalue weighted by Gasteiger charge is 2.26. The maximum atomic E-state index is 13.0.